The van der Waals surface area contributed by atoms with Gasteiger partial charge < -0.3 is 10.5 Å². The maximum atomic E-state index is 12.2. The third kappa shape index (κ3) is 2.90. The van der Waals surface area contributed by atoms with Crippen LogP contribution in [0.15, 0.2) is 30.3 Å². The van der Waals surface area contributed by atoms with Gasteiger partial charge in [0, 0.05) is 12.1 Å². The number of carbonyl (C=O) groups excluding carboxylic acids is 2. The molecule has 1 aromatic rings. The van der Waals surface area contributed by atoms with Gasteiger partial charge in [-0.15, -0.1) is 0 Å². The van der Waals surface area contributed by atoms with Crippen molar-refractivity contribution in [3.63, 3.8) is 0 Å². The maximum absolute atomic E-state index is 12.2. The lowest BCUT2D eigenvalue weighted by atomic mass is 10.2. The highest BCUT2D eigenvalue weighted by Gasteiger charge is 2.49. The number of hydrogen-bond donors (Lipinski definition) is 1. The summed E-state index contributed by atoms with van der Waals surface area (Å²) < 4.78 is 5.35. The first-order chi connectivity index (χ1) is 9.59. The van der Waals surface area contributed by atoms with Crippen LogP contribution in [-0.2, 0) is 9.53 Å². The van der Waals surface area contributed by atoms with Gasteiger partial charge in [0.25, 0.3) is 0 Å². The van der Waals surface area contributed by atoms with Gasteiger partial charge >= 0.3 is 6.09 Å². The van der Waals surface area contributed by atoms with E-state index in [2.05, 4.69) is 0 Å². The molecule has 0 aromatic heterocycles. The Bertz CT molecular complexity index is 494. The number of amides is 2. The predicted octanol–water partition coefficient (Wildman–Crippen LogP) is 2.71. The molecule has 1 atom stereocenters. The van der Waals surface area contributed by atoms with Crippen molar-refractivity contribution in [2.24, 2.45) is 5.73 Å². The van der Waals surface area contributed by atoms with Gasteiger partial charge in [0.2, 0.25) is 11.0 Å². The van der Waals surface area contributed by atoms with E-state index in [-0.39, 0.29) is 11.7 Å². The highest BCUT2D eigenvalue weighted by atomic mass is 32.2. The Balaban J connectivity index is 2.37. The van der Waals surface area contributed by atoms with Crippen molar-refractivity contribution < 1.29 is 14.3 Å². The number of benzene rings is 1. The molecule has 108 valence electrons. The molecule has 1 heterocycles. The zero-order valence-corrected chi connectivity index (χ0v) is 12.2. The largest absolute Gasteiger partial charge is 0.413 e. The van der Waals surface area contributed by atoms with Gasteiger partial charge in [-0.25, -0.2) is 4.79 Å². The molecule has 1 fully saturated rings. The van der Waals surface area contributed by atoms with Gasteiger partial charge in [-0.2, -0.15) is 0 Å². The second kappa shape index (κ2) is 6.17. The average Bonchev–Trinajstić information content (AvgIpc) is 2.74. The summed E-state index contributed by atoms with van der Waals surface area (Å²) >= 11 is 1.32. The lowest BCUT2D eigenvalue weighted by Crippen LogP contribution is -2.49. The summed E-state index contributed by atoms with van der Waals surface area (Å²) in [6.45, 7) is 2.05. The summed E-state index contributed by atoms with van der Waals surface area (Å²) in [5.74, 6) is 0.213. The van der Waals surface area contributed by atoms with Gasteiger partial charge in [0.15, 0.2) is 0 Å². The number of anilines is 1. The maximum Gasteiger partial charge on any atom is 0.407 e. The fourth-order valence-corrected chi connectivity index (χ4v) is 3.52. The normalized spacial score (nSPS) is 22.1. The smallest absolute Gasteiger partial charge is 0.407 e. The van der Waals surface area contributed by atoms with Crippen molar-refractivity contribution in [2.75, 3.05) is 10.7 Å². The molecule has 1 aliphatic rings. The summed E-state index contributed by atoms with van der Waals surface area (Å²) in [7, 11) is 0. The van der Waals surface area contributed by atoms with Crippen molar-refractivity contribution in [1.29, 1.82) is 0 Å². The first-order valence-corrected chi connectivity index (χ1v) is 7.58. The summed E-state index contributed by atoms with van der Waals surface area (Å²) in [5.41, 5.74) is 5.92. The summed E-state index contributed by atoms with van der Waals surface area (Å²) in [5, 5.41) is -1.01. The van der Waals surface area contributed by atoms with Crippen LogP contribution in [0.2, 0.25) is 0 Å². The molecular weight excluding hydrogens is 276 g/mol. The van der Waals surface area contributed by atoms with Crippen LogP contribution in [0.1, 0.15) is 26.2 Å². The molecule has 1 aromatic carbocycles. The number of nitrogens with zero attached hydrogens (tertiary/aromatic N) is 1. The van der Waals surface area contributed by atoms with Gasteiger partial charge in [-0.05, 0) is 18.6 Å². The van der Waals surface area contributed by atoms with Crippen LogP contribution in [0, 0.1) is 0 Å². The Hall–Kier alpha value is -1.69. The molecule has 2 amide bonds. The van der Waals surface area contributed by atoms with E-state index in [9.17, 15) is 9.59 Å². The minimum absolute atomic E-state index is 0.0708. The minimum atomic E-state index is -1.01. The predicted molar refractivity (Wildman–Crippen MR) is 79.3 cm³/mol. The van der Waals surface area contributed by atoms with Crippen molar-refractivity contribution in [3.05, 3.63) is 30.3 Å². The summed E-state index contributed by atoms with van der Waals surface area (Å²) in [4.78, 5) is 25.0. The number of ether oxygens (including phenoxy) is 1. The highest BCUT2D eigenvalue weighted by Crippen LogP contribution is 2.44. The Kier molecular flexibility index (Phi) is 4.54. The number of nitrogens with two attached hydrogens (primary N) is 1. The molecule has 20 heavy (non-hydrogen) atoms. The monoisotopic (exact) mass is 294 g/mol. The number of hydrogen-bond acceptors (Lipinski definition) is 4. The van der Waals surface area contributed by atoms with Crippen LogP contribution in [0.3, 0.4) is 0 Å². The molecule has 6 heteroatoms. The van der Waals surface area contributed by atoms with Gasteiger partial charge in [0.1, 0.15) is 0 Å². The molecule has 1 saturated heterocycles. The van der Waals surface area contributed by atoms with Crippen molar-refractivity contribution in [2.45, 2.75) is 31.2 Å². The second-order valence-corrected chi connectivity index (χ2v) is 5.81. The zero-order valence-electron chi connectivity index (χ0n) is 11.4. The number of primary amides is 1. The van der Waals surface area contributed by atoms with Gasteiger partial charge in [-0.1, -0.05) is 43.3 Å². The van der Waals surface area contributed by atoms with Crippen LogP contribution in [0.4, 0.5) is 10.5 Å². The van der Waals surface area contributed by atoms with E-state index in [1.165, 1.54) is 11.8 Å². The average molecular weight is 294 g/mol. The Morgan fingerprint density at radius 2 is 2.15 bits per heavy atom. The highest BCUT2D eigenvalue weighted by molar-refractivity contribution is 8.01. The number of para-hydroxylation sites is 1. The molecule has 0 spiro atoms. The zero-order chi connectivity index (χ0) is 14.6. The molecule has 0 aliphatic carbocycles. The number of carbonyl (C=O) groups is 2. The fourth-order valence-electron chi connectivity index (χ4n) is 2.28. The third-order valence-electron chi connectivity index (χ3n) is 3.13. The quantitative estimate of drug-likeness (QED) is 0.906. The van der Waals surface area contributed by atoms with E-state index in [1.54, 1.807) is 4.90 Å². The van der Waals surface area contributed by atoms with Crippen molar-refractivity contribution >= 4 is 29.4 Å². The Morgan fingerprint density at radius 3 is 2.75 bits per heavy atom. The molecule has 2 N–H and O–H groups in total. The van der Waals surface area contributed by atoms with Gasteiger partial charge in [0.05, 0.1) is 5.75 Å². The lowest BCUT2D eigenvalue weighted by molar-refractivity contribution is -0.117. The fraction of sp³-hybridized carbons (Fsp3) is 0.429. The first kappa shape index (κ1) is 14.7. The number of unbranched alkanes of at least 4 members (excludes halogenated alkanes) is 1. The van der Waals surface area contributed by atoms with Crippen LogP contribution in [-0.4, -0.2) is 22.8 Å². The van der Waals surface area contributed by atoms with Crippen molar-refractivity contribution in [1.82, 2.24) is 0 Å². The lowest BCUT2D eigenvalue weighted by Gasteiger charge is -2.36. The number of rotatable bonds is 5. The molecule has 0 bridgehead atoms. The topological polar surface area (TPSA) is 72.6 Å². The number of thioether (sulfide) groups is 1. The third-order valence-corrected chi connectivity index (χ3v) is 4.44. The molecule has 0 saturated carbocycles. The molecule has 0 radical (unpaired) electrons. The van der Waals surface area contributed by atoms with E-state index in [4.69, 9.17) is 10.5 Å². The van der Waals surface area contributed by atoms with Crippen molar-refractivity contribution in [3.8, 4) is 0 Å². The van der Waals surface area contributed by atoms with Crippen LogP contribution in [0.25, 0.3) is 0 Å². The Morgan fingerprint density at radius 1 is 1.45 bits per heavy atom. The molecule has 1 aliphatic heterocycles. The van der Waals surface area contributed by atoms with E-state index < -0.39 is 11.2 Å². The summed E-state index contributed by atoms with van der Waals surface area (Å²) in [6.07, 6.45) is 1.50. The van der Waals surface area contributed by atoms with Crippen LogP contribution >= 0.6 is 11.8 Å². The molecule has 5 nitrogen and oxygen atoms in total. The first-order valence-electron chi connectivity index (χ1n) is 6.59. The van der Waals surface area contributed by atoms with E-state index in [1.807, 2.05) is 37.3 Å². The molecule has 1 unspecified atom stereocenters. The molecular formula is C14H18N2O3S. The van der Waals surface area contributed by atoms with E-state index >= 15 is 0 Å². The molecule has 2 rings (SSSR count). The summed E-state index contributed by atoms with van der Waals surface area (Å²) in [6, 6.07) is 9.23. The SMILES string of the molecule is CCCCC1(OC(N)=O)SCC(=O)N1c1ccccc1. The standard InChI is InChI=1S/C14H18N2O3S/c1-2-3-9-14(19-13(15)18)16(12(17)10-20-14)11-7-5-4-6-8-11/h4-8H,2-3,9-10H2,1H3,(H2,15,18). The second-order valence-electron chi connectivity index (χ2n) is 4.59. The minimum Gasteiger partial charge on any atom is -0.413 e. The Labute approximate surface area is 122 Å². The van der Waals surface area contributed by atoms with Gasteiger partial charge in [-0.3, -0.25) is 9.69 Å². The van der Waals surface area contributed by atoms with E-state index in [0.29, 0.717) is 6.42 Å². The van der Waals surface area contributed by atoms with Crippen LogP contribution < -0.4 is 10.6 Å². The van der Waals surface area contributed by atoms with E-state index in [0.717, 1.165) is 18.5 Å². The van der Waals surface area contributed by atoms with Crippen LogP contribution in [0.5, 0.6) is 0 Å².